The molecule has 5 nitrogen and oxygen atoms in total. The van der Waals surface area contributed by atoms with Gasteiger partial charge < -0.3 is 19.4 Å². The summed E-state index contributed by atoms with van der Waals surface area (Å²) in [6, 6.07) is 15.9. The summed E-state index contributed by atoms with van der Waals surface area (Å²) >= 11 is 0. The molecular weight excluding hydrogens is 350 g/mol. The van der Waals surface area contributed by atoms with Crippen LogP contribution in [0.5, 0.6) is 11.5 Å². The van der Waals surface area contributed by atoms with Crippen LogP contribution in [0.25, 0.3) is 34.0 Å². The van der Waals surface area contributed by atoms with Crippen molar-refractivity contribution in [1.29, 1.82) is 0 Å². The molecule has 0 spiro atoms. The molecule has 142 valence electrons. The van der Waals surface area contributed by atoms with E-state index >= 15 is 0 Å². The minimum Gasteiger partial charge on any atom is -0.497 e. The monoisotopic (exact) mass is 373 g/mol. The summed E-state index contributed by atoms with van der Waals surface area (Å²) in [5.74, 6) is 2.47. The van der Waals surface area contributed by atoms with Crippen molar-refractivity contribution in [3.05, 3.63) is 65.9 Å². The zero-order valence-corrected chi connectivity index (χ0v) is 16.5. The van der Waals surface area contributed by atoms with Gasteiger partial charge in [-0.3, -0.25) is 0 Å². The molecule has 0 radical (unpaired) electrons. The first kappa shape index (κ1) is 17.9. The predicted molar refractivity (Wildman–Crippen MR) is 112 cm³/mol. The Balaban J connectivity index is 1.87. The number of rotatable bonds is 5. The summed E-state index contributed by atoms with van der Waals surface area (Å²) in [5, 5.41) is 0. The maximum atomic E-state index is 5.29. The lowest BCUT2D eigenvalue weighted by atomic mass is 10.0. The van der Waals surface area contributed by atoms with Gasteiger partial charge in [0.15, 0.2) is 5.82 Å². The van der Waals surface area contributed by atoms with Gasteiger partial charge in [0, 0.05) is 17.3 Å². The van der Waals surface area contributed by atoms with E-state index in [1.165, 1.54) is 11.1 Å². The molecule has 0 aliphatic rings. The number of aromatic amines is 2. The van der Waals surface area contributed by atoms with Gasteiger partial charge in [0.25, 0.3) is 0 Å². The van der Waals surface area contributed by atoms with Crippen molar-refractivity contribution in [3.8, 4) is 45.5 Å². The molecule has 0 saturated heterocycles. The van der Waals surface area contributed by atoms with Crippen LogP contribution in [0.2, 0.25) is 0 Å². The van der Waals surface area contributed by atoms with Gasteiger partial charge in [-0.15, -0.1) is 0 Å². The van der Waals surface area contributed by atoms with Crippen LogP contribution in [0, 0.1) is 13.8 Å². The number of aryl methyl sites for hydroxylation is 1. The van der Waals surface area contributed by atoms with Crippen molar-refractivity contribution in [2.45, 2.75) is 13.8 Å². The topological polar surface area (TPSA) is 62.9 Å². The van der Waals surface area contributed by atoms with Gasteiger partial charge in [0.2, 0.25) is 0 Å². The van der Waals surface area contributed by atoms with Gasteiger partial charge in [-0.25, -0.2) is 4.98 Å². The summed E-state index contributed by atoms with van der Waals surface area (Å²) in [7, 11) is 3.34. The number of imidazole rings is 1. The van der Waals surface area contributed by atoms with E-state index < -0.39 is 0 Å². The summed E-state index contributed by atoms with van der Waals surface area (Å²) < 4.78 is 10.6. The van der Waals surface area contributed by atoms with Crippen LogP contribution in [-0.4, -0.2) is 29.2 Å². The molecule has 0 atom stereocenters. The number of hydrogen-bond acceptors (Lipinski definition) is 3. The van der Waals surface area contributed by atoms with Gasteiger partial charge in [-0.1, -0.05) is 0 Å². The number of benzene rings is 2. The fourth-order valence-corrected chi connectivity index (χ4v) is 3.26. The Kier molecular flexibility index (Phi) is 4.65. The lowest BCUT2D eigenvalue weighted by molar-refractivity contribution is 0.414. The molecule has 5 heteroatoms. The Morgan fingerprint density at radius 1 is 0.750 bits per heavy atom. The van der Waals surface area contributed by atoms with Crippen molar-refractivity contribution in [3.63, 3.8) is 0 Å². The summed E-state index contributed by atoms with van der Waals surface area (Å²) in [5.41, 5.74) is 7.34. The number of nitrogens with one attached hydrogen (secondary N) is 2. The molecular formula is C23H23N3O2. The van der Waals surface area contributed by atoms with Crippen molar-refractivity contribution >= 4 is 0 Å². The molecule has 2 heterocycles. The molecule has 0 aliphatic heterocycles. The van der Waals surface area contributed by atoms with Crippen LogP contribution in [0.4, 0.5) is 0 Å². The first-order chi connectivity index (χ1) is 13.6. The van der Waals surface area contributed by atoms with Crippen molar-refractivity contribution in [2.24, 2.45) is 0 Å². The Morgan fingerprint density at radius 2 is 1.32 bits per heavy atom. The Morgan fingerprint density at radius 3 is 1.82 bits per heavy atom. The van der Waals surface area contributed by atoms with Crippen LogP contribution in [0.3, 0.4) is 0 Å². The van der Waals surface area contributed by atoms with E-state index in [2.05, 4.69) is 23.8 Å². The average Bonchev–Trinajstić information content (AvgIpc) is 3.32. The molecule has 0 saturated carbocycles. The fourth-order valence-electron chi connectivity index (χ4n) is 3.26. The second-order valence-electron chi connectivity index (χ2n) is 6.74. The molecule has 4 rings (SSSR count). The third-order valence-electron chi connectivity index (χ3n) is 5.08. The van der Waals surface area contributed by atoms with E-state index in [0.717, 1.165) is 45.5 Å². The maximum absolute atomic E-state index is 5.29. The highest BCUT2D eigenvalue weighted by Gasteiger charge is 2.18. The van der Waals surface area contributed by atoms with Crippen LogP contribution >= 0.6 is 0 Å². The Hall–Kier alpha value is -3.47. The molecule has 0 fully saturated rings. The summed E-state index contributed by atoms with van der Waals surface area (Å²) in [4.78, 5) is 11.8. The highest BCUT2D eigenvalue weighted by Crippen LogP contribution is 2.35. The second-order valence-corrected chi connectivity index (χ2v) is 6.74. The van der Waals surface area contributed by atoms with Gasteiger partial charge in [0.05, 0.1) is 31.3 Å². The number of aromatic nitrogens is 3. The largest absolute Gasteiger partial charge is 0.497 e. The highest BCUT2D eigenvalue weighted by atomic mass is 16.5. The lowest BCUT2D eigenvalue weighted by Gasteiger charge is -2.06. The molecule has 4 aromatic rings. The number of H-pyrrole nitrogens is 2. The van der Waals surface area contributed by atoms with Crippen LogP contribution in [0.15, 0.2) is 54.7 Å². The van der Waals surface area contributed by atoms with Crippen LogP contribution in [-0.2, 0) is 0 Å². The molecule has 2 aromatic carbocycles. The standard InChI is InChI=1S/C23H23N3O2/c1-14-13-24-20(15(14)2)23-25-21(16-5-9-18(27-3)10-6-16)22(26-23)17-7-11-19(28-4)12-8-17/h5-13,24H,1-4H3,(H,25,26). The van der Waals surface area contributed by atoms with Crippen molar-refractivity contribution in [2.75, 3.05) is 14.2 Å². The number of hydrogen-bond donors (Lipinski definition) is 2. The van der Waals surface area contributed by atoms with Gasteiger partial charge >= 0.3 is 0 Å². The molecule has 0 unspecified atom stereocenters. The van der Waals surface area contributed by atoms with E-state index in [0.29, 0.717) is 0 Å². The zero-order chi connectivity index (χ0) is 19.7. The van der Waals surface area contributed by atoms with Crippen molar-refractivity contribution < 1.29 is 9.47 Å². The Labute approximate surface area is 164 Å². The molecule has 0 aliphatic carbocycles. The maximum Gasteiger partial charge on any atom is 0.155 e. The third-order valence-corrected chi connectivity index (χ3v) is 5.08. The van der Waals surface area contributed by atoms with E-state index in [1.807, 2.05) is 54.7 Å². The first-order valence-corrected chi connectivity index (χ1v) is 9.14. The number of nitrogens with zero attached hydrogens (tertiary/aromatic N) is 1. The van der Waals surface area contributed by atoms with E-state index in [4.69, 9.17) is 14.5 Å². The lowest BCUT2D eigenvalue weighted by Crippen LogP contribution is -1.87. The van der Waals surface area contributed by atoms with E-state index in [1.54, 1.807) is 14.2 Å². The third kappa shape index (κ3) is 3.16. The minimum atomic E-state index is 0.821. The summed E-state index contributed by atoms with van der Waals surface area (Å²) in [6.07, 6.45) is 2.01. The quantitative estimate of drug-likeness (QED) is 0.494. The minimum absolute atomic E-state index is 0.821. The zero-order valence-electron chi connectivity index (χ0n) is 16.5. The van der Waals surface area contributed by atoms with E-state index in [-0.39, 0.29) is 0 Å². The SMILES string of the molecule is COc1ccc(-c2nc(-c3[nH]cc(C)c3C)[nH]c2-c2ccc(OC)cc2)cc1. The molecule has 0 bridgehead atoms. The molecule has 2 aromatic heterocycles. The van der Waals surface area contributed by atoms with Crippen molar-refractivity contribution in [1.82, 2.24) is 15.0 Å². The second kappa shape index (κ2) is 7.27. The van der Waals surface area contributed by atoms with Gasteiger partial charge in [-0.05, 0) is 73.5 Å². The van der Waals surface area contributed by atoms with Gasteiger partial charge in [0.1, 0.15) is 11.5 Å². The number of methoxy groups -OCH3 is 2. The Bertz CT molecular complexity index is 1030. The van der Waals surface area contributed by atoms with Crippen LogP contribution < -0.4 is 9.47 Å². The average molecular weight is 373 g/mol. The first-order valence-electron chi connectivity index (χ1n) is 9.14. The van der Waals surface area contributed by atoms with Gasteiger partial charge in [-0.2, -0.15) is 0 Å². The smallest absolute Gasteiger partial charge is 0.155 e. The van der Waals surface area contributed by atoms with Crippen LogP contribution in [0.1, 0.15) is 11.1 Å². The predicted octanol–water partition coefficient (Wildman–Crippen LogP) is 5.37. The fraction of sp³-hybridized carbons (Fsp3) is 0.174. The number of ether oxygens (including phenoxy) is 2. The van der Waals surface area contributed by atoms with E-state index in [9.17, 15) is 0 Å². The molecule has 0 amide bonds. The molecule has 2 N–H and O–H groups in total. The summed E-state index contributed by atoms with van der Waals surface area (Å²) in [6.45, 7) is 4.19. The highest BCUT2D eigenvalue weighted by molar-refractivity contribution is 5.81. The normalized spacial score (nSPS) is 10.9. The molecule has 28 heavy (non-hydrogen) atoms.